The van der Waals surface area contributed by atoms with E-state index in [1.807, 2.05) is 23.7 Å². The van der Waals surface area contributed by atoms with Crippen molar-refractivity contribution in [3.05, 3.63) is 46.2 Å². The Morgan fingerprint density at radius 1 is 1.33 bits per heavy atom. The zero-order valence-electron chi connectivity index (χ0n) is 8.44. The van der Waals surface area contributed by atoms with Gasteiger partial charge in [0, 0.05) is 4.47 Å². The van der Waals surface area contributed by atoms with Gasteiger partial charge in [0.05, 0.1) is 24.1 Å². The van der Waals surface area contributed by atoms with E-state index in [1.54, 1.807) is 6.20 Å². The minimum atomic E-state index is 0.743. The quantitative estimate of drug-likeness (QED) is 0.907. The maximum absolute atomic E-state index is 5.73. The number of nitrogen functional groups attached to an aromatic ring is 1. The Hall–Kier alpha value is -1.29. The van der Waals surface area contributed by atoms with Gasteiger partial charge in [-0.1, -0.05) is 28.1 Å². The van der Waals surface area contributed by atoms with Crippen LogP contribution in [0.3, 0.4) is 0 Å². The molecular formula is C11H12BrN3. The molecular weight excluding hydrogens is 254 g/mol. The van der Waals surface area contributed by atoms with Gasteiger partial charge >= 0.3 is 0 Å². The first kappa shape index (κ1) is 10.2. The maximum atomic E-state index is 5.73. The molecule has 0 amide bonds. The van der Waals surface area contributed by atoms with E-state index in [-0.39, 0.29) is 0 Å². The summed E-state index contributed by atoms with van der Waals surface area (Å²) in [4.78, 5) is 0. The summed E-state index contributed by atoms with van der Waals surface area (Å²) in [6.45, 7) is 2.73. The Morgan fingerprint density at radius 3 is 2.53 bits per heavy atom. The van der Waals surface area contributed by atoms with Crippen molar-refractivity contribution in [3.8, 4) is 0 Å². The standard InChI is InChI=1S/C11H12BrN3/c1-8-11(13)6-14-15(8)7-9-2-4-10(12)5-3-9/h2-6H,7,13H2,1H3. The van der Waals surface area contributed by atoms with Crippen LogP contribution in [-0.4, -0.2) is 9.78 Å². The zero-order chi connectivity index (χ0) is 10.8. The second-order valence-corrected chi connectivity index (χ2v) is 4.39. The molecule has 0 fully saturated rings. The third-order valence-electron chi connectivity index (χ3n) is 2.39. The molecule has 1 aromatic heterocycles. The Balaban J connectivity index is 2.22. The molecule has 2 rings (SSSR count). The Bertz CT molecular complexity index is 459. The first-order valence-corrected chi connectivity index (χ1v) is 5.48. The lowest BCUT2D eigenvalue weighted by Gasteiger charge is -2.04. The minimum Gasteiger partial charge on any atom is -0.396 e. The van der Waals surface area contributed by atoms with Crippen LogP contribution in [0.4, 0.5) is 5.69 Å². The molecule has 78 valence electrons. The van der Waals surface area contributed by atoms with E-state index in [2.05, 4.69) is 33.2 Å². The number of rotatable bonds is 2. The molecule has 0 bridgehead atoms. The summed E-state index contributed by atoms with van der Waals surface area (Å²) in [6, 6.07) is 8.19. The molecule has 0 radical (unpaired) electrons. The molecule has 0 aliphatic heterocycles. The maximum Gasteiger partial charge on any atom is 0.0730 e. The number of hydrogen-bond acceptors (Lipinski definition) is 2. The lowest BCUT2D eigenvalue weighted by atomic mass is 10.2. The molecule has 0 atom stereocenters. The van der Waals surface area contributed by atoms with Gasteiger partial charge in [-0.3, -0.25) is 4.68 Å². The van der Waals surface area contributed by atoms with Gasteiger partial charge in [-0.2, -0.15) is 5.10 Å². The van der Waals surface area contributed by atoms with Crippen LogP contribution in [0.25, 0.3) is 0 Å². The summed E-state index contributed by atoms with van der Waals surface area (Å²) in [6.07, 6.45) is 1.69. The van der Waals surface area contributed by atoms with E-state index in [1.165, 1.54) is 5.56 Å². The van der Waals surface area contributed by atoms with Gasteiger partial charge in [0.1, 0.15) is 0 Å². The molecule has 0 saturated heterocycles. The van der Waals surface area contributed by atoms with E-state index in [9.17, 15) is 0 Å². The minimum absolute atomic E-state index is 0.743. The van der Waals surface area contributed by atoms with Crippen LogP contribution >= 0.6 is 15.9 Å². The largest absolute Gasteiger partial charge is 0.396 e. The highest BCUT2D eigenvalue weighted by Gasteiger charge is 2.03. The summed E-state index contributed by atoms with van der Waals surface area (Å²) in [5.74, 6) is 0. The second-order valence-electron chi connectivity index (χ2n) is 3.47. The van der Waals surface area contributed by atoms with Crippen molar-refractivity contribution in [1.29, 1.82) is 0 Å². The van der Waals surface area contributed by atoms with Gasteiger partial charge in [-0.05, 0) is 24.6 Å². The third-order valence-corrected chi connectivity index (χ3v) is 2.92. The highest BCUT2D eigenvalue weighted by atomic mass is 79.9. The van der Waals surface area contributed by atoms with Crippen molar-refractivity contribution in [3.63, 3.8) is 0 Å². The van der Waals surface area contributed by atoms with Gasteiger partial charge in [-0.15, -0.1) is 0 Å². The molecule has 0 unspecified atom stereocenters. The van der Waals surface area contributed by atoms with Crippen LogP contribution in [0, 0.1) is 6.92 Å². The van der Waals surface area contributed by atoms with E-state index in [0.717, 1.165) is 22.4 Å². The highest BCUT2D eigenvalue weighted by Crippen LogP contribution is 2.14. The molecule has 0 saturated carbocycles. The van der Waals surface area contributed by atoms with Crippen molar-refractivity contribution in [1.82, 2.24) is 9.78 Å². The molecule has 3 nitrogen and oxygen atoms in total. The summed E-state index contributed by atoms with van der Waals surface area (Å²) >= 11 is 3.41. The number of aromatic nitrogens is 2. The van der Waals surface area contributed by atoms with Crippen LogP contribution in [0.15, 0.2) is 34.9 Å². The van der Waals surface area contributed by atoms with E-state index >= 15 is 0 Å². The highest BCUT2D eigenvalue weighted by molar-refractivity contribution is 9.10. The first-order chi connectivity index (χ1) is 7.16. The van der Waals surface area contributed by atoms with Crippen molar-refractivity contribution >= 4 is 21.6 Å². The molecule has 2 aromatic rings. The lowest BCUT2D eigenvalue weighted by molar-refractivity contribution is 0.665. The van der Waals surface area contributed by atoms with Crippen LogP contribution in [0.2, 0.25) is 0 Å². The van der Waals surface area contributed by atoms with Gasteiger partial charge in [0.25, 0.3) is 0 Å². The van der Waals surface area contributed by atoms with Gasteiger partial charge in [-0.25, -0.2) is 0 Å². The van der Waals surface area contributed by atoms with Gasteiger partial charge < -0.3 is 5.73 Å². The van der Waals surface area contributed by atoms with Crippen molar-refractivity contribution in [2.24, 2.45) is 0 Å². The van der Waals surface area contributed by atoms with Crippen LogP contribution in [0.1, 0.15) is 11.3 Å². The van der Waals surface area contributed by atoms with E-state index in [0.29, 0.717) is 0 Å². The molecule has 1 heterocycles. The number of nitrogens with zero attached hydrogens (tertiary/aromatic N) is 2. The zero-order valence-corrected chi connectivity index (χ0v) is 10.0. The molecule has 15 heavy (non-hydrogen) atoms. The predicted molar refractivity (Wildman–Crippen MR) is 64.6 cm³/mol. The average Bonchev–Trinajstić information content (AvgIpc) is 2.53. The predicted octanol–water partition coefficient (Wildman–Crippen LogP) is 2.58. The SMILES string of the molecule is Cc1c(N)cnn1Cc1ccc(Br)cc1. The Morgan fingerprint density at radius 2 is 2.00 bits per heavy atom. The van der Waals surface area contributed by atoms with Crippen LogP contribution < -0.4 is 5.73 Å². The fourth-order valence-corrected chi connectivity index (χ4v) is 1.65. The molecule has 0 aliphatic rings. The lowest BCUT2D eigenvalue weighted by Crippen LogP contribution is -2.04. The van der Waals surface area contributed by atoms with E-state index < -0.39 is 0 Å². The van der Waals surface area contributed by atoms with Crippen molar-refractivity contribution in [2.45, 2.75) is 13.5 Å². The normalized spacial score (nSPS) is 10.5. The number of hydrogen-bond donors (Lipinski definition) is 1. The van der Waals surface area contributed by atoms with Crippen molar-refractivity contribution in [2.75, 3.05) is 5.73 Å². The molecule has 2 N–H and O–H groups in total. The summed E-state index contributed by atoms with van der Waals surface area (Å²) in [7, 11) is 0. The van der Waals surface area contributed by atoms with Gasteiger partial charge in [0.15, 0.2) is 0 Å². The summed E-state index contributed by atoms with van der Waals surface area (Å²) in [5, 5.41) is 4.21. The first-order valence-electron chi connectivity index (χ1n) is 4.69. The fourth-order valence-electron chi connectivity index (χ4n) is 1.38. The number of halogens is 1. The Kier molecular flexibility index (Phi) is 2.77. The number of benzene rings is 1. The number of anilines is 1. The molecule has 1 aromatic carbocycles. The molecule has 4 heteroatoms. The summed E-state index contributed by atoms with van der Waals surface area (Å²) < 4.78 is 2.99. The van der Waals surface area contributed by atoms with Crippen LogP contribution in [0.5, 0.6) is 0 Å². The van der Waals surface area contributed by atoms with Crippen LogP contribution in [-0.2, 0) is 6.54 Å². The van der Waals surface area contributed by atoms with Gasteiger partial charge in [0.2, 0.25) is 0 Å². The molecule has 0 spiro atoms. The van der Waals surface area contributed by atoms with E-state index in [4.69, 9.17) is 5.73 Å². The fraction of sp³-hybridized carbons (Fsp3) is 0.182. The molecule has 0 aliphatic carbocycles. The Labute approximate surface area is 97.0 Å². The average molecular weight is 266 g/mol. The monoisotopic (exact) mass is 265 g/mol. The smallest absolute Gasteiger partial charge is 0.0730 e. The topological polar surface area (TPSA) is 43.8 Å². The summed E-state index contributed by atoms with van der Waals surface area (Å²) in [5.41, 5.74) is 8.69. The van der Waals surface area contributed by atoms with Crippen molar-refractivity contribution < 1.29 is 0 Å². The third kappa shape index (κ3) is 2.21. The number of nitrogens with two attached hydrogens (primary N) is 1. The second kappa shape index (κ2) is 4.06.